The summed E-state index contributed by atoms with van der Waals surface area (Å²) >= 11 is 0. The molecule has 100 valence electrons. The molecular weight excluding hydrogens is 240 g/mol. The number of hydrogen-bond donors (Lipinski definition) is 3. The lowest BCUT2D eigenvalue weighted by Crippen LogP contribution is -2.18. The van der Waals surface area contributed by atoms with Crippen LogP contribution in [0.15, 0.2) is 24.3 Å². The highest BCUT2D eigenvalue weighted by molar-refractivity contribution is 6.10. The molecule has 19 heavy (non-hydrogen) atoms. The first kappa shape index (κ1) is 13.5. The van der Waals surface area contributed by atoms with E-state index >= 15 is 0 Å². The Balaban J connectivity index is 2.62. The van der Waals surface area contributed by atoms with Gasteiger partial charge in [0, 0.05) is 34.3 Å². The number of nitrogens with zero attached hydrogens (tertiary/aromatic N) is 1. The molecule has 0 aliphatic rings. The number of nitrogens with one attached hydrogen (secondary N) is 1. The molecule has 0 radical (unpaired) electrons. The molecule has 1 aromatic carbocycles. The zero-order chi connectivity index (χ0) is 14.0. The average Bonchev–Trinajstić information content (AvgIpc) is 2.38. The number of hydrogen-bond acceptors (Lipinski definition) is 4. The van der Waals surface area contributed by atoms with Crippen molar-refractivity contribution in [2.45, 2.75) is 20.3 Å². The molecule has 2 aromatic rings. The molecule has 0 unspecified atom stereocenters. The zero-order valence-corrected chi connectivity index (χ0v) is 11.1. The van der Waals surface area contributed by atoms with Crippen LogP contribution in [0.5, 0.6) is 5.75 Å². The third kappa shape index (κ3) is 2.58. The van der Waals surface area contributed by atoms with Crippen molar-refractivity contribution in [2.75, 3.05) is 6.61 Å². The van der Waals surface area contributed by atoms with E-state index < -0.39 is 0 Å². The highest BCUT2D eigenvalue weighted by Crippen LogP contribution is 2.25. The maximum Gasteiger partial charge on any atom is 0.117 e. The summed E-state index contributed by atoms with van der Waals surface area (Å²) in [5.74, 6) is -0.00363. The van der Waals surface area contributed by atoms with E-state index in [4.69, 9.17) is 5.41 Å². The summed E-state index contributed by atoms with van der Waals surface area (Å²) in [6.45, 7) is 3.79. The van der Waals surface area contributed by atoms with Crippen molar-refractivity contribution in [3.05, 3.63) is 35.5 Å². The second-order valence-electron chi connectivity index (χ2n) is 4.71. The van der Waals surface area contributed by atoms with Gasteiger partial charge in [-0.05, 0) is 31.5 Å². The molecule has 4 nitrogen and oxygen atoms in total. The van der Waals surface area contributed by atoms with Crippen molar-refractivity contribution in [3.63, 3.8) is 0 Å². The van der Waals surface area contributed by atoms with Crippen molar-refractivity contribution in [1.82, 2.24) is 4.98 Å². The van der Waals surface area contributed by atoms with Gasteiger partial charge in [0.1, 0.15) is 5.75 Å². The summed E-state index contributed by atoms with van der Waals surface area (Å²) in [6, 6.07) is 6.82. The van der Waals surface area contributed by atoms with Gasteiger partial charge in [0.05, 0.1) is 12.1 Å². The van der Waals surface area contributed by atoms with E-state index in [9.17, 15) is 10.2 Å². The van der Waals surface area contributed by atoms with Gasteiger partial charge in [-0.25, -0.2) is 0 Å². The van der Waals surface area contributed by atoms with Crippen molar-refractivity contribution < 1.29 is 10.2 Å². The van der Waals surface area contributed by atoms with Crippen LogP contribution in [0.4, 0.5) is 0 Å². The largest absolute Gasteiger partial charge is 0.508 e. The summed E-state index contributed by atoms with van der Waals surface area (Å²) in [5.41, 5.74) is 2.67. The molecule has 4 heteroatoms. The highest BCUT2D eigenvalue weighted by Gasteiger charge is 2.17. The minimum Gasteiger partial charge on any atom is -0.508 e. The number of fused-ring (bicyclic) bond motifs is 1. The fourth-order valence-corrected chi connectivity index (χ4v) is 2.22. The lowest BCUT2D eigenvalue weighted by Gasteiger charge is -2.16. The molecule has 0 bridgehead atoms. The van der Waals surface area contributed by atoms with Gasteiger partial charge in [-0.3, -0.25) is 4.98 Å². The number of aromatic hydroxyl groups is 1. The van der Waals surface area contributed by atoms with Crippen LogP contribution in [0.1, 0.15) is 24.6 Å². The third-order valence-corrected chi connectivity index (χ3v) is 3.33. The summed E-state index contributed by atoms with van der Waals surface area (Å²) in [6.07, 6.45) is 0.719. The summed E-state index contributed by atoms with van der Waals surface area (Å²) in [7, 11) is 0. The number of pyridine rings is 1. The van der Waals surface area contributed by atoms with E-state index in [0.29, 0.717) is 11.2 Å². The zero-order valence-electron chi connectivity index (χ0n) is 11.1. The molecule has 0 fully saturated rings. The SMILES string of the molecule is CC[C@H](CO)C(=N)c1cc(C)nc2cc(O)ccc12. The molecule has 0 aliphatic heterocycles. The van der Waals surface area contributed by atoms with Gasteiger partial charge in [0.15, 0.2) is 0 Å². The van der Waals surface area contributed by atoms with Crippen LogP contribution in [0.25, 0.3) is 10.9 Å². The number of aromatic nitrogens is 1. The van der Waals surface area contributed by atoms with E-state index in [2.05, 4.69) is 4.98 Å². The molecule has 0 aliphatic carbocycles. The molecule has 3 N–H and O–H groups in total. The van der Waals surface area contributed by atoms with Gasteiger partial charge >= 0.3 is 0 Å². The molecule has 1 atom stereocenters. The Morgan fingerprint density at radius 2 is 2.11 bits per heavy atom. The molecular formula is C15H18N2O2. The van der Waals surface area contributed by atoms with E-state index in [1.54, 1.807) is 18.2 Å². The van der Waals surface area contributed by atoms with Crippen molar-refractivity contribution >= 4 is 16.6 Å². The Morgan fingerprint density at radius 1 is 1.37 bits per heavy atom. The van der Waals surface area contributed by atoms with Crippen LogP contribution < -0.4 is 0 Å². The van der Waals surface area contributed by atoms with Crippen molar-refractivity contribution in [1.29, 1.82) is 5.41 Å². The van der Waals surface area contributed by atoms with Crippen LogP contribution in [-0.2, 0) is 0 Å². The Kier molecular flexibility index (Phi) is 3.81. The first-order valence-corrected chi connectivity index (χ1v) is 6.36. The molecule has 1 heterocycles. The lowest BCUT2D eigenvalue weighted by molar-refractivity contribution is 0.258. The second-order valence-corrected chi connectivity index (χ2v) is 4.71. The number of aliphatic hydroxyl groups excluding tert-OH is 1. The molecule has 0 spiro atoms. The quantitative estimate of drug-likeness (QED) is 0.738. The van der Waals surface area contributed by atoms with Crippen LogP contribution >= 0.6 is 0 Å². The van der Waals surface area contributed by atoms with Gasteiger partial charge in [-0.15, -0.1) is 0 Å². The number of phenolic OH excluding ortho intramolecular Hbond substituents is 1. The van der Waals surface area contributed by atoms with Gasteiger partial charge < -0.3 is 15.6 Å². The Bertz CT molecular complexity index is 614. The smallest absolute Gasteiger partial charge is 0.117 e. The van der Waals surface area contributed by atoms with E-state index in [1.165, 1.54) is 0 Å². The monoisotopic (exact) mass is 258 g/mol. The minimum atomic E-state index is -0.168. The van der Waals surface area contributed by atoms with Crippen molar-refractivity contribution in [2.24, 2.45) is 5.92 Å². The minimum absolute atomic E-state index is 0.0315. The number of rotatable bonds is 4. The normalized spacial score (nSPS) is 12.6. The number of aliphatic hydroxyl groups is 1. The van der Waals surface area contributed by atoms with E-state index in [-0.39, 0.29) is 18.3 Å². The summed E-state index contributed by atoms with van der Waals surface area (Å²) in [5, 5.41) is 28.0. The maximum atomic E-state index is 9.52. The number of benzene rings is 1. The lowest BCUT2D eigenvalue weighted by atomic mass is 9.92. The van der Waals surface area contributed by atoms with Gasteiger partial charge in [-0.2, -0.15) is 0 Å². The first-order valence-electron chi connectivity index (χ1n) is 6.36. The third-order valence-electron chi connectivity index (χ3n) is 3.33. The van der Waals surface area contributed by atoms with Crippen LogP contribution in [0.3, 0.4) is 0 Å². The van der Waals surface area contributed by atoms with Gasteiger partial charge in [0.25, 0.3) is 0 Å². The molecule has 0 saturated carbocycles. The Labute approximate surface area is 112 Å². The summed E-state index contributed by atoms with van der Waals surface area (Å²) in [4.78, 5) is 4.37. The van der Waals surface area contributed by atoms with Crippen molar-refractivity contribution in [3.8, 4) is 5.75 Å². The first-order chi connectivity index (χ1) is 9.06. The fourth-order valence-electron chi connectivity index (χ4n) is 2.22. The Hall–Kier alpha value is -1.94. The van der Waals surface area contributed by atoms with Gasteiger partial charge in [-0.1, -0.05) is 6.92 Å². The fraction of sp³-hybridized carbons (Fsp3) is 0.333. The standard InChI is InChI=1S/C15H18N2O2/c1-3-10(8-18)15(16)13-6-9(2)17-14-7-11(19)4-5-12(13)14/h4-7,10,16,18-19H,3,8H2,1-2H3/t10-/m1/s1. The molecule has 2 rings (SSSR count). The van der Waals surface area contributed by atoms with Crippen LogP contribution in [0, 0.1) is 18.3 Å². The predicted molar refractivity (Wildman–Crippen MR) is 75.8 cm³/mol. The van der Waals surface area contributed by atoms with E-state index in [1.807, 2.05) is 19.9 Å². The second kappa shape index (κ2) is 5.36. The van der Waals surface area contributed by atoms with E-state index in [0.717, 1.165) is 23.1 Å². The van der Waals surface area contributed by atoms with Crippen LogP contribution in [-0.4, -0.2) is 27.5 Å². The number of aryl methyl sites for hydroxylation is 1. The predicted octanol–water partition coefficient (Wildman–Crippen LogP) is 2.64. The highest BCUT2D eigenvalue weighted by atomic mass is 16.3. The maximum absolute atomic E-state index is 9.52. The average molecular weight is 258 g/mol. The molecule has 0 amide bonds. The topological polar surface area (TPSA) is 77.2 Å². The van der Waals surface area contributed by atoms with Crippen LogP contribution in [0.2, 0.25) is 0 Å². The molecule has 0 saturated heterocycles. The summed E-state index contributed by atoms with van der Waals surface area (Å²) < 4.78 is 0. The molecule has 1 aromatic heterocycles. The van der Waals surface area contributed by atoms with Gasteiger partial charge in [0.2, 0.25) is 0 Å². The number of phenols is 1. The Morgan fingerprint density at radius 3 is 2.74 bits per heavy atom.